The summed E-state index contributed by atoms with van der Waals surface area (Å²) in [5, 5.41) is 3.46. The summed E-state index contributed by atoms with van der Waals surface area (Å²) in [6.45, 7) is 0.764. The largest absolute Gasteiger partial charge is 0.497 e. The van der Waals surface area contributed by atoms with E-state index < -0.39 is 0 Å². The van der Waals surface area contributed by atoms with Gasteiger partial charge in [0.15, 0.2) is 0 Å². The zero-order valence-corrected chi connectivity index (χ0v) is 15.9. The van der Waals surface area contributed by atoms with E-state index in [0.717, 1.165) is 35.4 Å². The molecule has 1 heterocycles. The summed E-state index contributed by atoms with van der Waals surface area (Å²) in [5.41, 5.74) is 6.11. The van der Waals surface area contributed by atoms with E-state index >= 15 is 0 Å². The van der Waals surface area contributed by atoms with Crippen molar-refractivity contribution in [3.8, 4) is 5.75 Å². The summed E-state index contributed by atoms with van der Waals surface area (Å²) in [5.74, 6) is 0.875. The average molecular weight is 363 g/mol. The van der Waals surface area contributed by atoms with Crippen LogP contribution in [0.5, 0.6) is 5.75 Å². The molecule has 0 spiro atoms. The summed E-state index contributed by atoms with van der Waals surface area (Å²) < 4.78 is 7.35. The number of hydrogen-bond acceptors (Lipinski definition) is 3. The molecule has 0 radical (unpaired) electrons. The molecule has 2 aromatic carbocycles. The van der Waals surface area contributed by atoms with Crippen molar-refractivity contribution in [3.63, 3.8) is 0 Å². The normalized spacial score (nSPS) is 16.5. The molecular weight excluding hydrogens is 341 g/mol. The highest BCUT2D eigenvalue weighted by Gasteiger charge is 2.09. The Morgan fingerprint density at radius 3 is 2.81 bits per heavy atom. The summed E-state index contributed by atoms with van der Waals surface area (Å²) in [4.78, 5) is 4.58. The molecule has 4 nitrogen and oxygen atoms in total. The molecule has 1 aliphatic carbocycles. The van der Waals surface area contributed by atoms with E-state index in [2.05, 4.69) is 72.7 Å². The standard InChI is InChI=1S/C21H22N3OP/c1-25-18-7-2-15(3-8-18)13-22-16-4-11-21-20(12-16)23-14-24(21)17-5-9-19(26)10-6-17/h2-9,11-12,14,19,22H,10,13,26H2,1H3. The van der Waals surface area contributed by atoms with Crippen LogP contribution < -0.4 is 10.1 Å². The Bertz CT molecular complexity index is 973. The van der Waals surface area contributed by atoms with E-state index in [1.165, 1.54) is 11.3 Å². The maximum Gasteiger partial charge on any atom is 0.118 e. The third-order valence-electron chi connectivity index (χ3n) is 4.59. The molecule has 26 heavy (non-hydrogen) atoms. The molecule has 2 atom stereocenters. The van der Waals surface area contributed by atoms with Crippen molar-refractivity contribution in [2.75, 3.05) is 12.4 Å². The van der Waals surface area contributed by atoms with Crippen molar-refractivity contribution in [1.82, 2.24) is 9.55 Å². The van der Waals surface area contributed by atoms with Gasteiger partial charge < -0.3 is 10.1 Å². The molecule has 1 aliphatic rings. The second-order valence-electron chi connectivity index (χ2n) is 6.41. The number of benzene rings is 2. The fraction of sp³-hybridized carbons (Fsp3) is 0.190. The number of fused-ring (bicyclic) bond motifs is 1. The second-order valence-corrected chi connectivity index (χ2v) is 7.26. The molecule has 2 unspecified atom stereocenters. The Balaban J connectivity index is 1.50. The predicted octanol–water partition coefficient (Wildman–Crippen LogP) is 4.70. The average Bonchev–Trinajstić information content (AvgIpc) is 3.10. The van der Waals surface area contributed by atoms with E-state index in [1.54, 1.807) is 7.11 Å². The van der Waals surface area contributed by atoms with Gasteiger partial charge in [0.2, 0.25) is 0 Å². The molecule has 4 rings (SSSR count). The highest BCUT2D eigenvalue weighted by atomic mass is 31.0. The number of hydrogen-bond donors (Lipinski definition) is 1. The van der Waals surface area contributed by atoms with Gasteiger partial charge in [-0.05, 0) is 54.1 Å². The van der Waals surface area contributed by atoms with E-state index in [1.807, 2.05) is 18.5 Å². The van der Waals surface area contributed by atoms with Gasteiger partial charge in [0.1, 0.15) is 12.1 Å². The molecule has 0 aliphatic heterocycles. The fourth-order valence-corrected chi connectivity index (χ4v) is 3.33. The van der Waals surface area contributed by atoms with Gasteiger partial charge in [-0.15, -0.1) is 9.24 Å². The first-order chi connectivity index (χ1) is 12.7. The Kier molecular flexibility index (Phi) is 4.77. The van der Waals surface area contributed by atoms with Crippen LogP contribution in [0, 0.1) is 0 Å². The Morgan fingerprint density at radius 1 is 1.23 bits per heavy atom. The lowest BCUT2D eigenvalue weighted by atomic mass is 10.1. The van der Waals surface area contributed by atoms with Crippen LogP contribution >= 0.6 is 9.24 Å². The van der Waals surface area contributed by atoms with Crippen LogP contribution in [0.2, 0.25) is 0 Å². The fourth-order valence-electron chi connectivity index (χ4n) is 3.08. The Morgan fingerprint density at radius 2 is 2.08 bits per heavy atom. The molecule has 132 valence electrons. The minimum Gasteiger partial charge on any atom is -0.497 e. The smallest absolute Gasteiger partial charge is 0.118 e. The number of nitrogens with zero attached hydrogens (tertiary/aromatic N) is 2. The first kappa shape index (κ1) is 16.9. The van der Waals surface area contributed by atoms with Crippen LogP contribution in [0.4, 0.5) is 5.69 Å². The molecule has 1 aromatic heterocycles. The van der Waals surface area contributed by atoms with E-state index in [4.69, 9.17) is 4.74 Å². The van der Waals surface area contributed by atoms with Crippen LogP contribution in [-0.2, 0) is 6.54 Å². The second kappa shape index (κ2) is 7.35. The predicted molar refractivity (Wildman–Crippen MR) is 112 cm³/mol. The van der Waals surface area contributed by atoms with Crippen LogP contribution in [0.3, 0.4) is 0 Å². The van der Waals surface area contributed by atoms with E-state index in [9.17, 15) is 0 Å². The van der Waals surface area contributed by atoms with E-state index in [-0.39, 0.29) is 0 Å². The van der Waals surface area contributed by atoms with Gasteiger partial charge in [-0.25, -0.2) is 4.98 Å². The van der Waals surface area contributed by atoms with Crippen molar-refractivity contribution >= 4 is 31.7 Å². The molecule has 0 amide bonds. The lowest BCUT2D eigenvalue weighted by Crippen LogP contribution is -2.01. The monoisotopic (exact) mass is 363 g/mol. The third kappa shape index (κ3) is 3.51. The number of nitrogens with one attached hydrogen (secondary N) is 1. The zero-order valence-electron chi connectivity index (χ0n) is 14.7. The van der Waals surface area contributed by atoms with Gasteiger partial charge in [-0.1, -0.05) is 24.3 Å². The molecule has 0 bridgehead atoms. The van der Waals surface area contributed by atoms with Crippen LogP contribution in [0.15, 0.2) is 67.0 Å². The van der Waals surface area contributed by atoms with Crippen molar-refractivity contribution in [2.24, 2.45) is 0 Å². The van der Waals surface area contributed by atoms with Gasteiger partial charge in [-0.3, -0.25) is 4.57 Å². The molecule has 0 fully saturated rings. The number of allylic oxidation sites excluding steroid dienone is 4. The molecule has 5 heteroatoms. The number of anilines is 1. The zero-order chi connectivity index (χ0) is 17.9. The summed E-state index contributed by atoms with van der Waals surface area (Å²) in [6.07, 6.45) is 9.58. The van der Waals surface area contributed by atoms with Crippen molar-refractivity contribution < 1.29 is 4.74 Å². The number of rotatable bonds is 5. The van der Waals surface area contributed by atoms with Crippen LogP contribution in [0.25, 0.3) is 16.7 Å². The summed E-state index contributed by atoms with van der Waals surface area (Å²) >= 11 is 0. The summed E-state index contributed by atoms with van der Waals surface area (Å²) in [6, 6.07) is 14.4. The van der Waals surface area contributed by atoms with Gasteiger partial charge in [0, 0.05) is 17.9 Å². The number of aromatic nitrogens is 2. The molecule has 1 N–H and O–H groups in total. The van der Waals surface area contributed by atoms with Gasteiger partial charge >= 0.3 is 0 Å². The lowest BCUT2D eigenvalue weighted by Gasteiger charge is -2.13. The van der Waals surface area contributed by atoms with E-state index in [0.29, 0.717) is 5.66 Å². The first-order valence-electron chi connectivity index (χ1n) is 8.71. The molecule has 0 saturated carbocycles. The van der Waals surface area contributed by atoms with Gasteiger partial charge in [0.25, 0.3) is 0 Å². The minimum atomic E-state index is 0.530. The SMILES string of the molecule is COc1ccc(CNc2ccc3c(c2)ncn3C2=CCC(P)C=C2)cc1. The Hall–Kier alpha value is -2.58. The van der Waals surface area contributed by atoms with Crippen molar-refractivity contribution in [3.05, 3.63) is 72.6 Å². The molecular formula is C21H22N3OP. The number of methoxy groups -OCH3 is 1. The maximum atomic E-state index is 5.20. The van der Waals surface area contributed by atoms with Gasteiger partial charge in [0.05, 0.1) is 18.1 Å². The first-order valence-corrected chi connectivity index (χ1v) is 9.38. The lowest BCUT2D eigenvalue weighted by molar-refractivity contribution is 0.414. The molecule has 3 aromatic rings. The number of imidazole rings is 1. The van der Waals surface area contributed by atoms with Crippen LogP contribution in [-0.4, -0.2) is 22.3 Å². The van der Waals surface area contributed by atoms with Gasteiger partial charge in [-0.2, -0.15) is 0 Å². The maximum absolute atomic E-state index is 5.20. The highest BCUT2D eigenvalue weighted by molar-refractivity contribution is 7.17. The quantitative estimate of drug-likeness (QED) is 0.668. The van der Waals surface area contributed by atoms with Crippen molar-refractivity contribution in [2.45, 2.75) is 18.6 Å². The number of ether oxygens (including phenoxy) is 1. The summed E-state index contributed by atoms with van der Waals surface area (Å²) in [7, 11) is 4.53. The van der Waals surface area contributed by atoms with Crippen LogP contribution in [0.1, 0.15) is 12.0 Å². The molecule has 0 saturated heterocycles. The Labute approximate surface area is 155 Å². The topological polar surface area (TPSA) is 39.1 Å². The minimum absolute atomic E-state index is 0.530. The third-order valence-corrected chi connectivity index (χ3v) is 5.09. The highest BCUT2D eigenvalue weighted by Crippen LogP contribution is 2.25. The van der Waals surface area contributed by atoms with Crippen molar-refractivity contribution in [1.29, 1.82) is 0 Å².